The third-order valence-electron chi connectivity index (χ3n) is 1.49. The molecule has 0 aliphatic heterocycles. The monoisotopic (exact) mass is 152 g/mol. The van der Waals surface area contributed by atoms with Gasteiger partial charge in [-0.25, -0.2) is 0 Å². The topological polar surface area (TPSA) is 24.7 Å². The van der Waals surface area contributed by atoms with E-state index in [1.54, 1.807) is 6.20 Å². The molecule has 2 nitrogen and oxygen atoms in total. The lowest BCUT2D eigenvalue weighted by atomic mass is 10.1. The molecular formula is C9H16N2. The first-order valence-electron chi connectivity index (χ1n) is 3.92. The molecule has 0 heterocycles. The minimum Gasteiger partial charge on any atom is -0.290 e. The summed E-state index contributed by atoms with van der Waals surface area (Å²) in [6.45, 7) is 10.4. The van der Waals surface area contributed by atoms with Crippen molar-refractivity contribution in [2.75, 3.05) is 6.54 Å². The Balaban J connectivity index is 4.37. The van der Waals surface area contributed by atoms with Gasteiger partial charge < -0.3 is 0 Å². The molecule has 0 N–H and O–H groups in total. The Labute approximate surface area is 68.8 Å². The van der Waals surface area contributed by atoms with Crippen LogP contribution in [-0.2, 0) is 0 Å². The fourth-order valence-corrected chi connectivity index (χ4v) is 0.889. The molecule has 62 valence electrons. The van der Waals surface area contributed by atoms with Crippen molar-refractivity contribution in [2.45, 2.75) is 27.2 Å². The second kappa shape index (κ2) is 5.83. The Kier molecular flexibility index (Phi) is 5.35. The van der Waals surface area contributed by atoms with Crippen LogP contribution in [0.25, 0.3) is 0 Å². The lowest BCUT2D eigenvalue weighted by Crippen LogP contribution is -1.96. The van der Waals surface area contributed by atoms with E-state index < -0.39 is 0 Å². The number of allylic oxidation sites excluding steroid dienone is 1. The van der Waals surface area contributed by atoms with Gasteiger partial charge in [0.05, 0.1) is 0 Å². The summed E-state index contributed by atoms with van der Waals surface area (Å²) in [4.78, 5) is 7.99. The molecule has 0 aromatic rings. The molecule has 0 saturated carbocycles. The van der Waals surface area contributed by atoms with E-state index in [1.165, 1.54) is 5.57 Å². The molecule has 0 aromatic heterocycles. The van der Waals surface area contributed by atoms with Crippen molar-refractivity contribution < 1.29 is 0 Å². The van der Waals surface area contributed by atoms with E-state index in [0.717, 1.165) is 18.7 Å². The maximum atomic E-state index is 4.27. The van der Waals surface area contributed by atoms with E-state index in [4.69, 9.17) is 0 Å². The quantitative estimate of drug-likeness (QED) is 0.553. The summed E-state index contributed by atoms with van der Waals surface area (Å²) >= 11 is 0. The van der Waals surface area contributed by atoms with Crippen LogP contribution in [0.15, 0.2) is 21.8 Å². The average molecular weight is 152 g/mol. The van der Waals surface area contributed by atoms with Gasteiger partial charge in [-0.15, -0.1) is 0 Å². The summed E-state index contributed by atoms with van der Waals surface area (Å²) in [5.74, 6) is 0. The Morgan fingerprint density at radius 1 is 1.45 bits per heavy atom. The average Bonchev–Trinajstić information content (AvgIpc) is 2.00. The van der Waals surface area contributed by atoms with Crippen LogP contribution in [0.4, 0.5) is 0 Å². The number of hydrogen-bond acceptors (Lipinski definition) is 2. The SMILES string of the molecule is C=N/C=C(/CC)C(C)=NCC. The molecule has 0 spiro atoms. The molecule has 0 unspecified atom stereocenters. The highest BCUT2D eigenvalue weighted by molar-refractivity contribution is 5.98. The van der Waals surface area contributed by atoms with Crippen molar-refractivity contribution >= 4 is 12.4 Å². The molecule has 0 atom stereocenters. The fraction of sp³-hybridized carbons (Fsp3) is 0.556. The zero-order chi connectivity index (χ0) is 8.69. The highest BCUT2D eigenvalue weighted by atomic mass is 14.7. The highest BCUT2D eigenvalue weighted by Crippen LogP contribution is 2.03. The van der Waals surface area contributed by atoms with Crippen molar-refractivity contribution in [1.29, 1.82) is 0 Å². The molecule has 2 heteroatoms. The molecule has 0 saturated heterocycles. The lowest BCUT2D eigenvalue weighted by molar-refractivity contribution is 1.09. The smallest absolute Gasteiger partial charge is 0.0364 e. The van der Waals surface area contributed by atoms with Gasteiger partial charge in [-0.05, 0) is 32.6 Å². The van der Waals surface area contributed by atoms with Gasteiger partial charge >= 0.3 is 0 Å². The van der Waals surface area contributed by atoms with Crippen molar-refractivity contribution in [2.24, 2.45) is 9.98 Å². The van der Waals surface area contributed by atoms with Crippen LogP contribution in [0.5, 0.6) is 0 Å². The third-order valence-corrected chi connectivity index (χ3v) is 1.49. The van der Waals surface area contributed by atoms with Gasteiger partial charge in [-0.1, -0.05) is 6.92 Å². The van der Waals surface area contributed by atoms with E-state index >= 15 is 0 Å². The zero-order valence-electron chi connectivity index (χ0n) is 7.59. The predicted molar refractivity (Wildman–Crippen MR) is 51.6 cm³/mol. The van der Waals surface area contributed by atoms with Gasteiger partial charge in [-0.3, -0.25) is 9.98 Å². The summed E-state index contributed by atoms with van der Waals surface area (Å²) in [5.41, 5.74) is 2.24. The maximum Gasteiger partial charge on any atom is 0.0364 e. The number of rotatable bonds is 4. The largest absolute Gasteiger partial charge is 0.290 e. The second-order valence-corrected chi connectivity index (χ2v) is 2.25. The molecule has 0 rings (SSSR count). The van der Waals surface area contributed by atoms with E-state index in [-0.39, 0.29) is 0 Å². The Morgan fingerprint density at radius 3 is 2.45 bits per heavy atom. The van der Waals surface area contributed by atoms with E-state index in [9.17, 15) is 0 Å². The summed E-state index contributed by atoms with van der Waals surface area (Å²) in [6.07, 6.45) is 2.74. The van der Waals surface area contributed by atoms with Gasteiger partial charge in [0, 0.05) is 18.5 Å². The standard InChI is InChI=1S/C9H16N2/c1-5-9(7-10-4)8(3)11-6-2/h7H,4-6H2,1-3H3/b9-7-,11-8?. The van der Waals surface area contributed by atoms with Gasteiger partial charge in [0.25, 0.3) is 0 Å². The van der Waals surface area contributed by atoms with Crippen LogP contribution in [0.1, 0.15) is 27.2 Å². The second-order valence-electron chi connectivity index (χ2n) is 2.25. The van der Waals surface area contributed by atoms with E-state index in [2.05, 4.69) is 23.6 Å². The molecule has 0 radical (unpaired) electrons. The lowest BCUT2D eigenvalue weighted by Gasteiger charge is -2.00. The van der Waals surface area contributed by atoms with Gasteiger partial charge in [-0.2, -0.15) is 0 Å². The summed E-state index contributed by atoms with van der Waals surface area (Å²) in [6, 6.07) is 0. The van der Waals surface area contributed by atoms with Crippen molar-refractivity contribution in [3.05, 3.63) is 11.8 Å². The first kappa shape index (κ1) is 10.1. The first-order valence-corrected chi connectivity index (χ1v) is 3.92. The van der Waals surface area contributed by atoms with Crippen molar-refractivity contribution in [3.63, 3.8) is 0 Å². The normalized spacial score (nSPS) is 13.4. The Hall–Kier alpha value is -0.920. The number of hydrogen-bond donors (Lipinski definition) is 0. The summed E-state index contributed by atoms with van der Waals surface area (Å²) < 4.78 is 0. The van der Waals surface area contributed by atoms with E-state index in [0.29, 0.717) is 0 Å². The molecule has 0 aliphatic carbocycles. The molecule has 0 bridgehead atoms. The minimum absolute atomic E-state index is 0.834. The number of aliphatic imine (C=N–C) groups is 2. The summed E-state index contributed by atoms with van der Waals surface area (Å²) in [7, 11) is 0. The summed E-state index contributed by atoms with van der Waals surface area (Å²) in [5, 5.41) is 0. The van der Waals surface area contributed by atoms with Gasteiger partial charge in [0.1, 0.15) is 0 Å². The molecule has 0 aliphatic rings. The number of nitrogens with zero attached hydrogens (tertiary/aromatic N) is 2. The Bertz CT molecular complexity index is 178. The van der Waals surface area contributed by atoms with Gasteiger partial charge in [0.2, 0.25) is 0 Å². The first-order chi connectivity index (χ1) is 5.26. The molecule has 0 aromatic carbocycles. The predicted octanol–water partition coefficient (Wildman–Crippen LogP) is 2.46. The van der Waals surface area contributed by atoms with Crippen LogP contribution in [0.2, 0.25) is 0 Å². The molecule has 11 heavy (non-hydrogen) atoms. The minimum atomic E-state index is 0.834. The van der Waals surface area contributed by atoms with Crippen LogP contribution in [-0.4, -0.2) is 19.0 Å². The molecular weight excluding hydrogens is 136 g/mol. The molecule has 0 amide bonds. The van der Waals surface area contributed by atoms with Gasteiger partial charge in [0.15, 0.2) is 0 Å². The van der Waals surface area contributed by atoms with Crippen LogP contribution in [0, 0.1) is 0 Å². The third kappa shape index (κ3) is 3.71. The van der Waals surface area contributed by atoms with E-state index in [1.807, 2.05) is 13.8 Å². The molecule has 0 fully saturated rings. The zero-order valence-corrected chi connectivity index (χ0v) is 7.59. The fourth-order valence-electron chi connectivity index (χ4n) is 0.889. The maximum absolute atomic E-state index is 4.27. The highest BCUT2D eigenvalue weighted by Gasteiger charge is 1.95. The van der Waals surface area contributed by atoms with Crippen molar-refractivity contribution in [1.82, 2.24) is 0 Å². The van der Waals surface area contributed by atoms with Crippen LogP contribution in [0.3, 0.4) is 0 Å². The van der Waals surface area contributed by atoms with Crippen LogP contribution >= 0.6 is 0 Å². The Morgan fingerprint density at radius 2 is 2.09 bits per heavy atom. The van der Waals surface area contributed by atoms with Crippen LogP contribution < -0.4 is 0 Å². The van der Waals surface area contributed by atoms with Crippen molar-refractivity contribution in [3.8, 4) is 0 Å².